The summed E-state index contributed by atoms with van der Waals surface area (Å²) in [4.78, 5) is 16.1. The fourth-order valence-electron chi connectivity index (χ4n) is 2.27. The van der Waals surface area contributed by atoms with Crippen LogP contribution in [0.15, 0.2) is 28.8 Å². The van der Waals surface area contributed by atoms with Crippen LogP contribution in [0.1, 0.15) is 37.6 Å². The molecule has 0 saturated carbocycles. The van der Waals surface area contributed by atoms with Crippen molar-refractivity contribution in [3.05, 3.63) is 35.7 Å². The Labute approximate surface area is 135 Å². The molecule has 0 radical (unpaired) electrons. The van der Waals surface area contributed by atoms with Gasteiger partial charge in [-0.2, -0.15) is 4.98 Å². The second kappa shape index (κ2) is 8.43. The van der Waals surface area contributed by atoms with Crippen LogP contribution in [-0.2, 0) is 11.2 Å². The van der Waals surface area contributed by atoms with Crippen molar-refractivity contribution in [3.8, 4) is 11.4 Å². The molecule has 23 heavy (non-hydrogen) atoms. The lowest BCUT2D eigenvalue weighted by Crippen LogP contribution is -2.36. The van der Waals surface area contributed by atoms with E-state index in [1.165, 1.54) is 0 Å². The van der Waals surface area contributed by atoms with Crippen LogP contribution in [0.2, 0.25) is 0 Å². The molecule has 0 saturated heterocycles. The van der Waals surface area contributed by atoms with Crippen LogP contribution < -0.4 is 5.32 Å². The van der Waals surface area contributed by atoms with Gasteiger partial charge in [0, 0.05) is 18.4 Å². The van der Waals surface area contributed by atoms with E-state index < -0.39 is 0 Å². The van der Waals surface area contributed by atoms with Crippen LogP contribution >= 0.6 is 0 Å². The first kappa shape index (κ1) is 17.1. The summed E-state index contributed by atoms with van der Waals surface area (Å²) in [6.45, 7) is 3.89. The smallest absolute Gasteiger partial charge is 0.226 e. The topological polar surface area (TPSA) is 88.2 Å². The largest absolute Gasteiger partial charge is 0.394 e. The first-order valence-corrected chi connectivity index (χ1v) is 7.92. The number of aliphatic hydroxyl groups is 1. The molecule has 2 N–H and O–H groups in total. The summed E-state index contributed by atoms with van der Waals surface area (Å²) in [5.74, 6) is 1.05. The summed E-state index contributed by atoms with van der Waals surface area (Å²) in [7, 11) is 0. The minimum Gasteiger partial charge on any atom is -0.394 e. The molecule has 124 valence electrons. The molecule has 1 aromatic heterocycles. The lowest BCUT2D eigenvalue weighted by molar-refractivity contribution is -0.122. The molecule has 1 aromatic carbocycles. The second-order valence-electron chi connectivity index (χ2n) is 5.54. The van der Waals surface area contributed by atoms with Crippen LogP contribution in [0.25, 0.3) is 11.4 Å². The van der Waals surface area contributed by atoms with Gasteiger partial charge in [0.2, 0.25) is 17.6 Å². The van der Waals surface area contributed by atoms with E-state index in [2.05, 4.69) is 15.5 Å². The van der Waals surface area contributed by atoms with Crippen molar-refractivity contribution in [2.45, 2.75) is 45.6 Å². The van der Waals surface area contributed by atoms with Crippen LogP contribution in [0.5, 0.6) is 0 Å². The Bertz CT molecular complexity index is 636. The maximum absolute atomic E-state index is 11.7. The zero-order valence-electron chi connectivity index (χ0n) is 13.6. The first-order chi connectivity index (χ1) is 11.1. The van der Waals surface area contributed by atoms with Gasteiger partial charge in [-0.25, -0.2) is 0 Å². The maximum atomic E-state index is 11.7. The van der Waals surface area contributed by atoms with E-state index in [0.29, 0.717) is 37.4 Å². The molecule has 0 aliphatic heterocycles. The van der Waals surface area contributed by atoms with Gasteiger partial charge in [-0.1, -0.05) is 36.3 Å². The Morgan fingerprint density at radius 3 is 2.87 bits per heavy atom. The van der Waals surface area contributed by atoms with Crippen molar-refractivity contribution in [1.82, 2.24) is 15.5 Å². The normalized spacial score (nSPS) is 12.1. The quantitative estimate of drug-likeness (QED) is 0.779. The summed E-state index contributed by atoms with van der Waals surface area (Å²) < 4.78 is 5.25. The van der Waals surface area contributed by atoms with E-state index in [1.54, 1.807) is 0 Å². The molecule has 0 unspecified atom stereocenters. The highest BCUT2D eigenvalue weighted by Crippen LogP contribution is 2.20. The minimum atomic E-state index is -0.168. The van der Waals surface area contributed by atoms with Crippen LogP contribution in [0.4, 0.5) is 0 Å². The van der Waals surface area contributed by atoms with Gasteiger partial charge in [0.15, 0.2) is 0 Å². The van der Waals surface area contributed by atoms with E-state index in [-0.39, 0.29) is 18.6 Å². The number of carbonyl (C=O) groups excluding carboxylic acids is 1. The number of amides is 1. The van der Waals surface area contributed by atoms with Gasteiger partial charge in [-0.15, -0.1) is 0 Å². The van der Waals surface area contributed by atoms with Crippen molar-refractivity contribution in [1.29, 1.82) is 0 Å². The molecule has 2 aromatic rings. The molecular formula is C17H23N3O3. The van der Waals surface area contributed by atoms with E-state index >= 15 is 0 Å². The highest BCUT2D eigenvalue weighted by Gasteiger charge is 2.12. The number of hydrogen-bond donors (Lipinski definition) is 2. The molecule has 0 bridgehead atoms. The predicted octanol–water partition coefficient (Wildman–Crippen LogP) is 2.25. The van der Waals surface area contributed by atoms with E-state index in [0.717, 1.165) is 11.1 Å². The fourth-order valence-corrected chi connectivity index (χ4v) is 2.27. The number of hydrogen-bond acceptors (Lipinski definition) is 5. The third-order valence-electron chi connectivity index (χ3n) is 3.73. The number of aromatic nitrogens is 2. The number of aliphatic hydroxyl groups excluding tert-OH is 1. The van der Waals surface area contributed by atoms with Gasteiger partial charge in [0.05, 0.1) is 12.6 Å². The monoisotopic (exact) mass is 317 g/mol. The van der Waals surface area contributed by atoms with Gasteiger partial charge < -0.3 is 14.9 Å². The lowest BCUT2D eigenvalue weighted by Gasteiger charge is -2.13. The van der Waals surface area contributed by atoms with Crippen molar-refractivity contribution >= 4 is 5.91 Å². The summed E-state index contributed by atoms with van der Waals surface area (Å²) in [6.07, 6.45) is 2.27. The molecule has 0 fully saturated rings. The van der Waals surface area contributed by atoms with Gasteiger partial charge in [-0.05, 0) is 25.3 Å². The number of nitrogens with zero attached hydrogens (tertiary/aromatic N) is 2. The first-order valence-electron chi connectivity index (χ1n) is 7.92. The maximum Gasteiger partial charge on any atom is 0.226 e. The molecular weight excluding hydrogens is 294 g/mol. The number of benzene rings is 1. The molecule has 6 heteroatoms. The molecule has 1 amide bonds. The predicted molar refractivity (Wildman–Crippen MR) is 86.7 cm³/mol. The van der Waals surface area contributed by atoms with Gasteiger partial charge in [0.1, 0.15) is 0 Å². The van der Waals surface area contributed by atoms with E-state index in [1.807, 2.05) is 38.1 Å². The lowest BCUT2D eigenvalue weighted by atomic mass is 10.1. The van der Waals surface area contributed by atoms with Gasteiger partial charge in [0.25, 0.3) is 0 Å². The molecule has 6 nitrogen and oxygen atoms in total. The zero-order chi connectivity index (χ0) is 16.7. The average Bonchev–Trinajstić information content (AvgIpc) is 3.01. The second-order valence-corrected chi connectivity index (χ2v) is 5.54. The molecule has 0 aliphatic rings. The highest BCUT2D eigenvalue weighted by atomic mass is 16.5. The fraction of sp³-hybridized carbons (Fsp3) is 0.471. The third kappa shape index (κ3) is 4.89. The van der Waals surface area contributed by atoms with E-state index in [9.17, 15) is 4.79 Å². The van der Waals surface area contributed by atoms with Crippen molar-refractivity contribution < 1.29 is 14.4 Å². The van der Waals surface area contributed by atoms with Crippen LogP contribution in [-0.4, -0.2) is 33.8 Å². The number of aryl methyl sites for hydroxylation is 2. The Kier molecular flexibility index (Phi) is 6.29. The summed E-state index contributed by atoms with van der Waals surface area (Å²) in [6, 6.07) is 7.69. The number of rotatable bonds is 8. The van der Waals surface area contributed by atoms with Gasteiger partial charge >= 0.3 is 0 Å². The molecule has 1 heterocycles. The molecule has 2 rings (SSSR count). The van der Waals surface area contributed by atoms with Crippen LogP contribution in [0.3, 0.4) is 0 Å². The van der Waals surface area contributed by atoms with Crippen LogP contribution in [0, 0.1) is 6.92 Å². The number of nitrogens with one attached hydrogen (secondary N) is 1. The highest BCUT2D eigenvalue weighted by molar-refractivity contribution is 5.76. The third-order valence-corrected chi connectivity index (χ3v) is 3.73. The summed E-state index contributed by atoms with van der Waals surface area (Å²) in [5.41, 5.74) is 2.04. The van der Waals surface area contributed by atoms with Crippen molar-refractivity contribution in [2.24, 2.45) is 0 Å². The van der Waals surface area contributed by atoms with Crippen molar-refractivity contribution in [2.75, 3.05) is 6.61 Å². The summed E-state index contributed by atoms with van der Waals surface area (Å²) >= 11 is 0. The Morgan fingerprint density at radius 2 is 2.17 bits per heavy atom. The summed E-state index contributed by atoms with van der Waals surface area (Å²) in [5, 5.41) is 15.8. The van der Waals surface area contributed by atoms with Gasteiger partial charge in [-0.3, -0.25) is 4.79 Å². The Balaban J connectivity index is 1.84. The van der Waals surface area contributed by atoms with E-state index in [4.69, 9.17) is 9.63 Å². The standard InChI is InChI=1S/C17H23N3O3/c1-3-13(11-21)18-15(22)9-6-10-16-19-17(20-23-16)14-8-5-4-7-12(14)2/h4-5,7-8,13,21H,3,6,9-11H2,1-2H3,(H,18,22)/t13-/m1/s1. The Morgan fingerprint density at radius 1 is 1.39 bits per heavy atom. The minimum absolute atomic E-state index is 0.0360. The SMILES string of the molecule is CC[C@H](CO)NC(=O)CCCc1nc(-c2ccccc2C)no1. The van der Waals surface area contributed by atoms with Crippen molar-refractivity contribution in [3.63, 3.8) is 0 Å². The zero-order valence-corrected chi connectivity index (χ0v) is 13.6. The molecule has 0 spiro atoms. The average molecular weight is 317 g/mol. The Hall–Kier alpha value is -2.21. The number of carbonyl (C=O) groups is 1. The molecule has 1 atom stereocenters. The molecule has 0 aliphatic carbocycles.